The first kappa shape index (κ1) is 18.5. The lowest BCUT2D eigenvalue weighted by molar-refractivity contribution is 0.0144. The highest BCUT2D eigenvalue weighted by molar-refractivity contribution is 5.68. The van der Waals surface area contributed by atoms with Crippen LogP contribution in [0, 0.1) is 5.41 Å². The molecule has 1 saturated carbocycles. The van der Waals surface area contributed by atoms with Crippen LogP contribution >= 0.6 is 0 Å². The predicted molar refractivity (Wildman–Crippen MR) is 93.7 cm³/mol. The highest BCUT2D eigenvalue weighted by Crippen LogP contribution is 2.47. The minimum Gasteiger partial charge on any atom is -0.444 e. The maximum atomic E-state index is 12.0. The van der Waals surface area contributed by atoms with Crippen LogP contribution in [0.15, 0.2) is 0 Å². The summed E-state index contributed by atoms with van der Waals surface area (Å²) in [5.41, 5.74) is 0.147. The Morgan fingerprint density at radius 3 is 2.35 bits per heavy atom. The maximum Gasteiger partial charge on any atom is 0.410 e. The van der Waals surface area contributed by atoms with E-state index in [1.54, 1.807) is 0 Å². The van der Waals surface area contributed by atoms with Gasteiger partial charge in [-0.15, -0.1) is 0 Å². The highest BCUT2D eigenvalue weighted by atomic mass is 16.6. The minimum absolute atomic E-state index is 0.176. The number of piperazine rings is 1. The Hall–Kier alpha value is -0.810. The van der Waals surface area contributed by atoms with Gasteiger partial charge < -0.3 is 15.0 Å². The second kappa shape index (κ2) is 7.39. The zero-order chi connectivity index (χ0) is 17.1. The summed E-state index contributed by atoms with van der Waals surface area (Å²) in [6.07, 6.45) is 3.74. The molecule has 23 heavy (non-hydrogen) atoms. The standard InChI is InChI=1S/C18H35N3O2/c1-15(18(5)7-8-18)19-9-6-10-20-11-13-21(14-12-20)16(22)23-17(2,3)4/h15,19H,6-14H2,1-5H3. The molecule has 1 unspecified atom stereocenters. The molecule has 0 spiro atoms. The van der Waals surface area contributed by atoms with Crippen molar-refractivity contribution in [2.24, 2.45) is 5.41 Å². The van der Waals surface area contributed by atoms with Crippen molar-refractivity contribution in [3.05, 3.63) is 0 Å². The first-order chi connectivity index (χ1) is 10.7. The summed E-state index contributed by atoms with van der Waals surface area (Å²) >= 11 is 0. The molecule has 1 heterocycles. The lowest BCUT2D eigenvalue weighted by atomic mass is 10.0. The van der Waals surface area contributed by atoms with Crippen molar-refractivity contribution in [1.82, 2.24) is 15.1 Å². The molecule has 134 valence electrons. The van der Waals surface area contributed by atoms with Crippen LogP contribution in [0.25, 0.3) is 0 Å². The van der Waals surface area contributed by atoms with Crippen LogP contribution in [0.3, 0.4) is 0 Å². The van der Waals surface area contributed by atoms with E-state index in [2.05, 4.69) is 24.1 Å². The van der Waals surface area contributed by atoms with Crippen LogP contribution in [0.4, 0.5) is 4.79 Å². The third kappa shape index (κ3) is 5.96. The molecule has 1 aliphatic heterocycles. The van der Waals surface area contributed by atoms with Crippen molar-refractivity contribution in [3.63, 3.8) is 0 Å². The van der Waals surface area contributed by atoms with Crippen molar-refractivity contribution in [2.75, 3.05) is 39.3 Å². The van der Waals surface area contributed by atoms with Gasteiger partial charge in [-0.25, -0.2) is 4.79 Å². The number of hydrogen-bond acceptors (Lipinski definition) is 4. The number of carbonyl (C=O) groups excluding carboxylic acids is 1. The van der Waals surface area contributed by atoms with E-state index >= 15 is 0 Å². The van der Waals surface area contributed by atoms with Gasteiger partial charge in [0.1, 0.15) is 5.60 Å². The Kier molecular flexibility index (Phi) is 5.95. The largest absolute Gasteiger partial charge is 0.444 e. The fraction of sp³-hybridized carbons (Fsp3) is 0.944. The predicted octanol–water partition coefficient (Wildman–Crippen LogP) is 2.71. The number of nitrogens with zero attached hydrogens (tertiary/aromatic N) is 2. The molecule has 2 aliphatic rings. The Bertz CT molecular complexity index is 394. The summed E-state index contributed by atoms with van der Waals surface area (Å²) < 4.78 is 5.43. The van der Waals surface area contributed by atoms with Gasteiger partial charge in [0.2, 0.25) is 0 Å². The summed E-state index contributed by atoms with van der Waals surface area (Å²) in [5, 5.41) is 3.67. The van der Waals surface area contributed by atoms with Gasteiger partial charge in [-0.05, 0) is 65.5 Å². The molecular weight excluding hydrogens is 290 g/mol. The van der Waals surface area contributed by atoms with Crippen molar-refractivity contribution in [3.8, 4) is 0 Å². The molecule has 1 aliphatic carbocycles. The molecule has 5 heteroatoms. The van der Waals surface area contributed by atoms with Gasteiger partial charge in [0.25, 0.3) is 0 Å². The second-order valence-electron chi connectivity index (χ2n) is 8.49. The van der Waals surface area contributed by atoms with Crippen LogP contribution in [0.1, 0.15) is 53.9 Å². The Labute approximate surface area is 141 Å². The normalized spacial score (nSPS) is 22.7. The number of hydrogen-bond donors (Lipinski definition) is 1. The molecule has 2 fully saturated rings. The third-order valence-corrected chi connectivity index (χ3v) is 5.21. The fourth-order valence-corrected chi connectivity index (χ4v) is 2.98. The fourth-order valence-electron chi connectivity index (χ4n) is 2.98. The van der Waals surface area contributed by atoms with Crippen LogP contribution in [0.2, 0.25) is 0 Å². The SMILES string of the molecule is CC(NCCCN1CCN(C(=O)OC(C)(C)C)CC1)C1(C)CC1. The van der Waals surface area contributed by atoms with E-state index in [1.807, 2.05) is 25.7 Å². The molecular formula is C18H35N3O2. The van der Waals surface area contributed by atoms with Crippen molar-refractivity contribution >= 4 is 6.09 Å². The highest BCUT2D eigenvalue weighted by Gasteiger charge is 2.42. The van der Waals surface area contributed by atoms with Crippen LogP contribution in [0.5, 0.6) is 0 Å². The lowest BCUT2D eigenvalue weighted by Crippen LogP contribution is -2.50. The van der Waals surface area contributed by atoms with E-state index < -0.39 is 5.60 Å². The number of rotatable bonds is 6. The number of amides is 1. The summed E-state index contributed by atoms with van der Waals surface area (Å²) in [6.45, 7) is 16.1. The molecule has 1 N–H and O–H groups in total. The summed E-state index contributed by atoms with van der Waals surface area (Å²) in [6, 6.07) is 0.631. The summed E-state index contributed by atoms with van der Waals surface area (Å²) in [7, 11) is 0. The zero-order valence-electron chi connectivity index (χ0n) is 15.7. The summed E-state index contributed by atoms with van der Waals surface area (Å²) in [5.74, 6) is 0. The third-order valence-electron chi connectivity index (χ3n) is 5.21. The van der Waals surface area contributed by atoms with Gasteiger partial charge in [-0.2, -0.15) is 0 Å². The molecule has 1 amide bonds. The monoisotopic (exact) mass is 325 g/mol. The smallest absolute Gasteiger partial charge is 0.410 e. The number of ether oxygens (including phenoxy) is 1. The first-order valence-electron chi connectivity index (χ1n) is 9.13. The average molecular weight is 325 g/mol. The van der Waals surface area contributed by atoms with E-state index in [9.17, 15) is 4.79 Å². The van der Waals surface area contributed by atoms with E-state index in [4.69, 9.17) is 4.74 Å². The van der Waals surface area contributed by atoms with Crippen LogP contribution in [-0.4, -0.2) is 66.8 Å². The molecule has 0 aromatic rings. The van der Waals surface area contributed by atoms with Crippen molar-refractivity contribution in [2.45, 2.75) is 65.5 Å². The quantitative estimate of drug-likeness (QED) is 0.763. The van der Waals surface area contributed by atoms with E-state index in [0.29, 0.717) is 11.5 Å². The molecule has 0 radical (unpaired) electrons. The van der Waals surface area contributed by atoms with E-state index in [0.717, 1.165) is 39.3 Å². The minimum atomic E-state index is -0.408. The number of nitrogens with one attached hydrogen (secondary N) is 1. The second-order valence-corrected chi connectivity index (χ2v) is 8.49. The summed E-state index contributed by atoms with van der Waals surface area (Å²) in [4.78, 5) is 16.3. The van der Waals surface area contributed by atoms with Crippen LogP contribution in [-0.2, 0) is 4.74 Å². The van der Waals surface area contributed by atoms with E-state index in [-0.39, 0.29) is 6.09 Å². The number of carbonyl (C=O) groups is 1. The van der Waals surface area contributed by atoms with Gasteiger partial charge in [0.15, 0.2) is 0 Å². The van der Waals surface area contributed by atoms with Gasteiger partial charge in [-0.3, -0.25) is 4.90 Å². The molecule has 0 bridgehead atoms. The zero-order valence-corrected chi connectivity index (χ0v) is 15.7. The lowest BCUT2D eigenvalue weighted by Gasteiger charge is -2.35. The molecule has 0 aromatic carbocycles. The maximum absolute atomic E-state index is 12.0. The van der Waals surface area contributed by atoms with Crippen molar-refractivity contribution < 1.29 is 9.53 Å². The Balaban J connectivity index is 1.57. The van der Waals surface area contributed by atoms with E-state index in [1.165, 1.54) is 19.3 Å². The Morgan fingerprint density at radius 1 is 1.22 bits per heavy atom. The topological polar surface area (TPSA) is 44.8 Å². The van der Waals surface area contributed by atoms with Crippen LogP contribution < -0.4 is 5.32 Å². The molecule has 5 nitrogen and oxygen atoms in total. The molecule has 0 aromatic heterocycles. The van der Waals surface area contributed by atoms with Gasteiger partial charge in [0.05, 0.1) is 0 Å². The average Bonchev–Trinajstić information content (AvgIpc) is 3.21. The molecule has 1 atom stereocenters. The molecule has 2 rings (SSSR count). The van der Waals surface area contributed by atoms with Crippen molar-refractivity contribution in [1.29, 1.82) is 0 Å². The van der Waals surface area contributed by atoms with Gasteiger partial charge in [0, 0.05) is 32.2 Å². The van der Waals surface area contributed by atoms with Gasteiger partial charge in [-0.1, -0.05) is 6.92 Å². The Morgan fingerprint density at radius 2 is 1.83 bits per heavy atom. The van der Waals surface area contributed by atoms with Gasteiger partial charge >= 0.3 is 6.09 Å². The molecule has 1 saturated heterocycles. The first-order valence-corrected chi connectivity index (χ1v) is 9.13.